The lowest BCUT2D eigenvalue weighted by molar-refractivity contribution is 0.277. The predicted molar refractivity (Wildman–Crippen MR) is 55.3 cm³/mol. The number of hydrogen-bond donors (Lipinski definition) is 1. The molecule has 1 aromatic rings. The highest BCUT2D eigenvalue weighted by molar-refractivity contribution is 5.85. The fraction of sp³-hybridized carbons (Fsp3) is 0.400. The summed E-state index contributed by atoms with van der Waals surface area (Å²) in [5.41, 5.74) is 5.52. The van der Waals surface area contributed by atoms with Crippen molar-refractivity contribution < 1.29 is 13.5 Å². The topological polar surface area (TPSA) is 35.2 Å². The van der Waals surface area contributed by atoms with Crippen LogP contribution in [0.1, 0.15) is 12.8 Å². The van der Waals surface area contributed by atoms with Gasteiger partial charge in [-0.05, 0) is 25.0 Å². The molecule has 15 heavy (non-hydrogen) atoms. The SMILES string of the molecule is Cl.NC1(COc2ccc(F)c(F)c2)CC1. The first-order valence-electron chi connectivity index (χ1n) is 4.46. The van der Waals surface area contributed by atoms with E-state index < -0.39 is 11.6 Å². The molecule has 5 heteroatoms. The molecule has 1 fully saturated rings. The normalized spacial score (nSPS) is 16.7. The molecule has 2 rings (SSSR count). The van der Waals surface area contributed by atoms with Crippen molar-refractivity contribution in [3.63, 3.8) is 0 Å². The number of ether oxygens (including phenoxy) is 1. The van der Waals surface area contributed by atoms with E-state index in [0.29, 0.717) is 12.4 Å². The Morgan fingerprint density at radius 1 is 1.27 bits per heavy atom. The lowest BCUT2D eigenvalue weighted by Gasteiger charge is -2.10. The van der Waals surface area contributed by atoms with Gasteiger partial charge in [-0.15, -0.1) is 12.4 Å². The van der Waals surface area contributed by atoms with Crippen molar-refractivity contribution in [2.45, 2.75) is 18.4 Å². The quantitative estimate of drug-likeness (QED) is 0.872. The Kier molecular flexibility index (Phi) is 3.52. The van der Waals surface area contributed by atoms with Crippen molar-refractivity contribution in [1.82, 2.24) is 0 Å². The molecule has 1 aliphatic carbocycles. The third kappa shape index (κ3) is 3.04. The molecule has 84 valence electrons. The molecule has 2 N–H and O–H groups in total. The lowest BCUT2D eigenvalue weighted by atomic mass is 10.3. The second-order valence-electron chi connectivity index (χ2n) is 3.73. The Morgan fingerprint density at radius 2 is 1.93 bits per heavy atom. The van der Waals surface area contributed by atoms with Crippen LogP contribution in [0.15, 0.2) is 18.2 Å². The van der Waals surface area contributed by atoms with Crippen LogP contribution in [0.25, 0.3) is 0 Å². The van der Waals surface area contributed by atoms with Crippen LogP contribution in [-0.4, -0.2) is 12.1 Å². The number of hydrogen-bond acceptors (Lipinski definition) is 2. The molecule has 2 nitrogen and oxygen atoms in total. The zero-order valence-corrected chi connectivity index (χ0v) is 8.82. The number of rotatable bonds is 3. The largest absolute Gasteiger partial charge is 0.492 e. The second kappa shape index (κ2) is 4.33. The third-order valence-corrected chi connectivity index (χ3v) is 2.31. The Balaban J connectivity index is 0.00000112. The summed E-state index contributed by atoms with van der Waals surface area (Å²) >= 11 is 0. The number of halogens is 3. The summed E-state index contributed by atoms with van der Waals surface area (Å²) in [5.74, 6) is -1.45. The zero-order chi connectivity index (χ0) is 10.2. The van der Waals surface area contributed by atoms with E-state index in [2.05, 4.69) is 0 Å². The summed E-state index contributed by atoms with van der Waals surface area (Å²) in [6.45, 7) is 0.359. The van der Waals surface area contributed by atoms with Gasteiger partial charge in [-0.1, -0.05) is 0 Å². The van der Waals surface area contributed by atoms with Crippen LogP contribution < -0.4 is 10.5 Å². The molecule has 1 aromatic carbocycles. The van der Waals surface area contributed by atoms with Crippen molar-refractivity contribution in [2.75, 3.05) is 6.61 Å². The molecule has 0 amide bonds. The van der Waals surface area contributed by atoms with Gasteiger partial charge in [0.1, 0.15) is 12.4 Å². The molecule has 0 spiro atoms. The van der Waals surface area contributed by atoms with Crippen molar-refractivity contribution in [1.29, 1.82) is 0 Å². The van der Waals surface area contributed by atoms with Gasteiger partial charge >= 0.3 is 0 Å². The van der Waals surface area contributed by atoms with Gasteiger partial charge in [-0.2, -0.15) is 0 Å². The fourth-order valence-electron chi connectivity index (χ4n) is 1.10. The molecule has 1 saturated carbocycles. The maximum Gasteiger partial charge on any atom is 0.162 e. The Labute approximate surface area is 92.8 Å². The van der Waals surface area contributed by atoms with Gasteiger partial charge < -0.3 is 10.5 Å². The number of nitrogens with two attached hydrogens (primary N) is 1. The summed E-state index contributed by atoms with van der Waals surface area (Å²) in [5, 5.41) is 0. The molecule has 0 saturated heterocycles. The van der Waals surface area contributed by atoms with E-state index in [-0.39, 0.29) is 17.9 Å². The first-order chi connectivity index (χ1) is 6.59. The molecule has 0 radical (unpaired) electrons. The van der Waals surface area contributed by atoms with E-state index in [0.717, 1.165) is 25.0 Å². The van der Waals surface area contributed by atoms with Crippen LogP contribution in [0.2, 0.25) is 0 Å². The summed E-state index contributed by atoms with van der Waals surface area (Å²) in [4.78, 5) is 0. The van der Waals surface area contributed by atoms with Crippen LogP contribution in [0.3, 0.4) is 0 Å². The molecule has 0 aliphatic heterocycles. The van der Waals surface area contributed by atoms with Crippen LogP contribution in [0.4, 0.5) is 8.78 Å². The standard InChI is InChI=1S/C10H11F2NO.ClH/c11-8-2-1-7(5-9(8)12)14-6-10(13)3-4-10;/h1-2,5H,3-4,6,13H2;1H. The monoisotopic (exact) mass is 235 g/mol. The van der Waals surface area contributed by atoms with E-state index in [1.54, 1.807) is 0 Å². The van der Waals surface area contributed by atoms with Crippen LogP contribution >= 0.6 is 12.4 Å². The molecule has 0 heterocycles. The Morgan fingerprint density at radius 3 is 2.47 bits per heavy atom. The summed E-state index contributed by atoms with van der Waals surface area (Å²) < 4.78 is 30.5. The highest BCUT2D eigenvalue weighted by atomic mass is 35.5. The summed E-state index contributed by atoms with van der Waals surface area (Å²) in [6, 6.07) is 3.46. The predicted octanol–water partition coefficient (Wildman–Crippen LogP) is 2.26. The minimum Gasteiger partial charge on any atom is -0.492 e. The maximum atomic E-state index is 12.7. The Hall–Kier alpha value is -0.870. The van der Waals surface area contributed by atoms with E-state index in [4.69, 9.17) is 10.5 Å². The molecule has 0 aromatic heterocycles. The smallest absolute Gasteiger partial charge is 0.162 e. The first-order valence-corrected chi connectivity index (χ1v) is 4.46. The van der Waals surface area contributed by atoms with Crippen LogP contribution in [-0.2, 0) is 0 Å². The van der Waals surface area contributed by atoms with Gasteiger partial charge in [-0.3, -0.25) is 0 Å². The van der Waals surface area contributed by atoms with Gasteiger partial charge in [0.2, 0.25) is 0 Å². The minimum atomic E-state index is -0.899. The van der Waals surface area contributed by atoms with Gasteiger partial charge in [0.15, 0.2) is 11.6 Å². The highest BCUT2D eigenvalue weighted by Crippen LogP contribution is 2.32. The highest BCUT2D eigenvalue weighted by Gasteiger charge is 2.39. The average Bonchev–Trinajstić information content (AvgIpc) is 2.87. The molecular weight excluding hydrogens is 224 g/mol. The van der Waals surface area contributed by atoms with E-state index in [1.165, 1.54) is 6.07 Å². The van der Waals surface area contributed by atoms with Crippen molar-refractivity contribution in [2.24, 2.45) is 5.73 Å². The summed E-state index contributed by atoms with van der Waals surface area (Å²) in [6.07, 6.45) is 1.85. The van der Waals surface area contributed by atoms with Gasteiger partial charge in [-0.25, -0.2) is 8.78 Å². The summed E-state index contributed by atoms with van der Waals surface area (Å²) in [7, 11) is 0. The van der Waals surface area contributed by atoms with E-state index >= 15 is 0 Å². The van der Waals surface area contributed by atoms with E-state index in [9.17, 15) is 8.78 Å². The average molecular weight is 236 g/mol. The molecule has 0 atom stereocenters. The first kappa shape index (κ1) is 12.2. The van der Waals surface area contributed by atoms with Gasteiger partial charge in [0, 0.05) is 6.07 Å². The molecular formula is C10H12ClF2NO. The van der Waals surface area contributed by atoms with Crippen molar-refractivity contribution in [3.05, 3.63) is 29.8 Å². The third-order valence-electron chi connectivity index (χ3n) is 2.31. The maximum absolute atomic E-state index is 12.7. The molecule has 0 unspecified atom stereocenters. The van der Waals surface area contributed by atoms with E-state index in [1.807, 2.05) is 0 Å². The van der Waals surface area contributed by atoms with Crippen molar-refractivity contribution >= 4 is 12.4 Å². The minimum absolute atomic E-state index is 0. The van der Waals surface area contributed by atoms with Gasteiger partial charge in [0.05, 0.1) is 5.54 Å². The second-order valence-corrected chi connectivity index (χ2v) is 3.73. The lowest BCUT2D eigenvalue weighted by Crippen LogP contribution is -2.29. The number of benzene rings is 1. The van der Waals surface area contributed by atoms with Crippen molar-refractivity contribution in [3.8, 4) is 5.75 Å². The molecule has 0 bridgehead atoms. The Bertz CT molecular complexity index is 355. The zero-order valence-electron chi connectivity index (χ0n) is 8.00. The van der Waals surface area contributed by atoms with Crippen LogP contribution in [0, 0.1) is 11.6 Å². The molecule has 1 aliphatic rings. The van der Waals surface area contributed by atoms with Crippen LogP contribution in [0.5, 0.6) is 5.75 Å². The van der Waals surface area contributed by atoms with Gasteiger partial charge in [0.25, 0.3) is 0 Å². The fourth-order valence-corrected chi connectivity index (χ4v) is 1.10.